The van der Waals surface area contributed by atoms with Gasteiger partial charge in [0.2, 0.25) is 0 Å². The SMILES string of the molecule is CC(C)NC(C)C.CCOC(=O)c1cc(-c2ccco2)cc(CN2CCN(Cc3cc(-c4ccco4)cc(C(=O)OCC)n3)CCN(Cc3cc(-c4ccc(C#CCCCCOPOCCC#N)o4)cc(C(=O)OCC)n3)CC2)n1. The first kappa shape index (κ1) is 62.1. The molecule has 1 fully saturated rings. The van der Waals surface area contributed by atoms with Crippen molar-refractivity contribution >= 4 is 26.9 Å². The van der Waals surface area contributed by atoms with Gasteiger partial charge < -0.3 is 41.8 Å². The van der Waals surface area contributed by atoms with Gasteiger partial charge in [0.15, 0.2) is 14.8 Å². The van der Waals surface area contributed by atoms with Gasteiger partial charge in [0.25, 0.3) is 0 Å². The van der Waals surface area contributed by atoms with Crippen LogP contribution in [0.15, 0.2) is 98.6 Å². The summed E-state index contributed by atoms with van der Waals surface area (Å²) in [5, 5.41) is 11.9. The van der Waals surface area contributed by atoms with Gasteiger partial charge in [0.05, 0.1) is 75.1 Å². The smallest absolute Gasteiger partial charge is 0.356 e. The molecular formula is C60H75N8O11P. The average molecular weight is 1120 g/mol. The van der Waals surface area contributed by atoms with Gasteiger partial charge in [0.1, 0.15) is 34.4 Å². The quantitative estimate of drug-likeness (QED) is 0.0185. The Bertz CT molecular complexity index is 2840. The molecular weight excluding hydrogens is 1040 g/mol. The number of ether oxygens (including phenoxy) is 3. The van der Waals surface area contributed by atoms with E-state index in [0.29, 0.717) is 154 Å². The zero-order chi connectivity index (χ0) is 57.1. The van der Waals surface area contributed by atoms with Crippen LogP contribution in [-0.2, 0) is 42.9 Å². The Balaban J connectivity index is 0.00000138. The normalized spacial score (nSPS) is 13.4. The van der Waals surface area contributed by atoms with Crippen molar-refractivity contribution in [1.82, 2.24) is 35.0 Å². The summed E-state index contributed by atoms with van der Waals surface area (Å²) in [4.78, 5) is 60.7. The summed E-state index contributed by atoms with van der Waals surface area (Å²) in [6.45, 7) is 20.3. The number of nitriles is 1. The van der Waals surface area contributed by atoms with E-state index in [2.05, 4.69) is 59.6 Å². The summed E-state index contributed by atoms with van der Waals surface area (Å²) in [7, 11) is -0.0806. The van der Waals surface area contributed by atoms with Crippen LogP contribution in [0.3, 0.4) is 0 Å². The van der Waals surface area contributed by atoms with Gasteiger partial charge in [-0.1, -0.05) is 33.6 Å². The third-order valence-electron chi connectivity index (χ3n) is 12.1. The highest BCUT2D eigenvalue weighted by Gasteiger charge is 2.23. The molecule has 0 amide bonds. The summed E-state index contributed by atoms with van der Waals surface area (Å²) < 4.78 is 44.6. The van der Waals surface area contributed by atoms with Crippen molar-refractivity contribution < 1.29 is 50.9 Å². The number of hydrogen-bond acceptors (Lipinski definition) is 19. The Morgan fingerprint density at radius 2 is 1.04 bits per heavy atom. The van der Waals surface area contributed by atoms with Gasteiger partial charge in [-0.25, -0.2) is 29.3 Å². The van der Waals surface area contributed by atoms with Crippen LogP contribution in [0, 0.1) is 23.2 Å². The maximum Gasteiger partial charge on any atom is 0.356 e. The van der Waals surface area contributed by atoms with Crippen LogP contribution >= 0.6 is 9.03 Å². The van der Waals surface area contributed by atoms with Gasteiger partial charge in [-0.3, -0.25) is 14.7 Å². The first-order valence-corrected chi connectivity index (χ1v) is 28.2. The van der Waals surface area contributed by atoms with Gasteiger partial charge in [-0.2, -0.15) is 5.26 Å². The van der Waals surface area contributed by atoms with Gasteiger partial charge in [-0.05, 0) is 112 Å². The average Bonchev–Trinajstić information content (AvgIpc) is 4.28. The number of aromatic nitrogens is 3. The molecule has 1 atom stereocenters. The molecule has 1 unspecified atom stereocenters. The van der Waals surface area contributed by atoms with Crippen molar-refractivity contribution in [3.05, 3.63) is 125 Å². The Morgan fingerprint density at radius 1 is 0.600 bits per heavy atom. The zero-order valence-electron chi connectivity index (χ0n) is 47.1. The number of esters is 3. The molecule has 0 radical (unpaired) electrons. The summed E-state index contributed by atoms with van der Waals surface area (Å²) in [5.74, 6) is 6.92. The highest BCUT2D eigenvalue weighted by atomic mass is 31.1. The van der Waals surface area contributed by atoms with Crippen molar-refractivity contribution in [3.8, 4) is 51.9 Å². The second-order valence-electron chi connectivity index (χ2n) is 19.2. The Hall–Kier alpha value is -7.06. The van der Waals surface area contributed by atoms with Crippen LogP contribution < -0.4 is 5.32 Å². The summed E-state index contributed by atoms with van der Waals surface area (Å²) in [6, 6.07) is 25.0. The highest BCUT2D eigenvalue weighted by molar-refractivity contribution is 7.26. The topological polar surface area (TPSA) is 221 Å². The molecule has 1 aliphatic heterocycles. The molecule has 7 heterocycles. The Labute approximate surface area is 471 Å². The number of carbonyl (C=O) groups excluding carboxylic acids is 3. The van der Waals surface area contributed by atoms with Crippen molar-refractivity contribution in [2.45, 2.75) is 106 Å². The lowest BCUT2D eigenvalue weighted by Gasteiger charge is -2.25. The molecule has 0 aromatic carbocycles. The second kappa shape index (κ2) is 33.5. The minimum atomic E-state index is -0.546. The van der Waals surface area contributed by atoms with Crippen LogP contribution in [0.4, 0.5) is 0 Å². The largest absolute Gasteiger partial charge is 0.464 e. The fraction of sp³-hybridized carbons (Fsp3) is 0.450. The molecule has 6 aromatic rings. The van der Waals surface area contributed by atoms with Crippen LogP contribution in [0.25, 0.3) is 34.0 Å². The van der Waals surface area contributed by atoms with E-state index in [0.717, 1.165) is 12.8 Å². The zero-order valence-corrected chi connectivity index (χ0v) is 48.1. The first-order valence-electron chi connectivity index (χ1n) is 27.3. The summed E-state index contributed by atoms with van der Waals surface area (Å²) in [6.07, 6.45) is 5.83. The number of nitrogens with zero attached hydrogens (tertiary/aromatic N) is 7. The van der Waals surface area contributed by atoms with Gasteiger partial charge >= 0.3 is 17.9 Å². The van der Waals surface area contributed by atoms with Crippen LogP contribution in [0.1, 0.15) is 128 Å². The molecule has 1 saturated heterocycles. The van der Waals surface area contributed by atoms with Crippen molar-refractivity contribution in [1.29, 1.82) is 5.26 Å². The maximum atomic E-state index is 13.3. The standard InChI is InChI=1S/C54H60N7O11P.C6H15N/c1-4-65-52(62)46-33-39(49-15-11-26-68-49)30-42(56-46)36-59-20-21-60(37-43-31-40(50-16-12-27-69-50)34-47(57-43)53(63)66-5-2)23-25-61(24-22-59)38-44-32-41(35-48(58-44)54(64)67-6-3)51-18-17-45(72-51)14-9-7-8-10-28-70-73-71-29-13-19-55;1-5(2)7-6(3)4/h11-12,15-18,26-27,30-35,73H,4-8,10,13,20-25,28-29,36-38H2,1-3H3;5-7H,1-4H3. The lowest BCUT2D eigenvalue weighted by atomic mass is 10.1. The number of carbonyl (C=O) groups is 3. The molecule has 0 saturated carbocycles. The van der Waals surface area contributed by atoms with E-state index in [9.17, 15) is 14.4 Å². The summed E-state index contributed by atoms with van der Waals surface area (Å²) >= 11 is 0. The monoisotopic (exact) mass is 1110 g/mol. The predicted octanol–water partition coefficient (Wildman–Crippen LogP) is 10.4. The third kappa shape index (κ3) is 20.9. The van der Waals surface area contributed by atoms with Crippen molar-refractivity contribution in [2.75, 3.05) is 72.3 Å². The molecule has 0 aliphatic carbocycles. The number of hydrogen-bond donors (Lipinski definition) is 1. The van der Waals surface area contributed by atoms with E-state index in [4.69, 9.17) is 56.7 Å². The number of unbranched alkanes of at least 4 members (excludes halogenated alkanes) is 2. The van der Waals surface area contributed by atoms with E-state index in [-0.39, 0.29) is 45.9 Å². The van der Waals surface area contributed by atoms with E-state index < -0.39 is 17.9 Å². The van der Waals surface area contributed by atoms with Crippen LogP contribution in [0.5, 0.6) is 0 Å². The molecule has 426 valence electrons. The lowest BCUT2D eigenvalue weighted by Crippen LogP contribution is -2.36. The lowest BCUT2D eigenvalue weighted by molar-refractivity contribution is 0.0509. The van der Waals surface area contributed by atoms with E-state index in [1.54, 1.807) is 63.6 Å². The minimum Gasteiger partial charge on any atom is -0.464 e. The minimum absolute atomic E-state index is 0.0806. The molecule has 80 heavy (non-hydrogen) atoms. The highest BCUT2D eigenvalue weighted by Crippen LogP contribution is 2.27. The van der Waals surface area contributed by atoms with Crippen LogP contribution in [-0.4, -0.2) is 132 Å². The number of pyridine rings is 3. The molecule has 7 rings (SSSR count). The third-order valence-corrected chi connectivity index (χ3v) is 12.7. The van der Waals surface area contributed by atoms with E-state index in [1.165, 1.54) is 0 Å². The van der Waals surface area contributed by atoms with Gasteiger partial charge in [0, 0.05) is 94.1 Å². The predicted molar refractivity (Wildman–Crippen MR) is 304 cm³/mol. The first-order chi connectivity index (χ1) is 38.8. The molecule has 6 aromatic heterocycles. The number of nitrogens with one attached hydrogen (secondary N) is 1. The molecule has 1 aliphatic rings. The summed E-state index contributed by atoms with van der Waals surface area (Å²) in [5.41, 5.74) is 4.57. The number of rotatable bonds is 25. The number of furan rings is 3. The second-order valence-corrected chi connectivity index (χ2v) is 20.0. The molecule has 1 N–H and O–H groups in total. The van der Waals surface area contributed by atoms with Crippen LogP contribution in [0.2, 0.25) is 0 Å². The van der Waals surface area contributed by atoms with Crippen molar-refractivity contribution in [2.24, 2.45) is 0 Å². The Kier molecular flexibility index (Phi) is 26.0. The Morgan fingerprint density at radius 3 is 1.43 bits per heavy atom. The molecule has 19 nitrogen and oxygen atoms in total. The molecule has 0 spiro atoms. The van der Waals surface area contributed by atoms with E-state index >= 15 is 0 Å². The maximum absolute atomic E-state index is 13.3. The van der Waals surface area contributed by atoms with E-state index in [1.807, 2.05) is 48.5 Å². The van der Waals surface area contributed by atoms with Crippen molar-refractivity contribution in [3.63, 3.8) is 0 Å². The molecule has 20 heteroatoms. The fourth-order valence-electron chi connectivity index (χ4n) is 8.58. The molecule has 0 bridgehead atoms. The van der Waals surface area contributed by atoms with Gasteiger partial charge in [-0.15, -0.1) is 0 Å². The fourth-order valence-corrected chi connectivity index (χ4v) is 9.08.